The maximum absolute atomic E-state index is 13.4. The number of rotatable bonds is 6. The summed E-state index contributed by atoms with van der Waals surface area (Å²) in [5, 5.41) is 11.8. The molecule has 1 heterocycles. The first-order valence-corrected chi connectivity index (χ1v) is 10.6. The standard InChI is InChI=1S/C25H19ClF3NO3/c26-17-9-10-23(33-14-15-5-2-1-3-6-15)20(13-17)18-7-4-8-19(18)21-11-16(25(27,28)29)12-22(30-21)24(31)32/h1-3,5-6,9-13H,4,7-8,14H2,(H,31,32)/p-1. The smallest absolute Gasteiger partial charge is 0.416 e. The fourth-order valence-electron chi connectivity index (χ4n) is 3.88. The van der Waals surface area contributed by atoms with Crippen molar-refractivity contribution in [3.8, 4) is 5.75 Å². The van der Waals surface area contributed by atoms with Crippen LogP contribution in [0, 0.1) is 0 Å². The van der Waals surface area contributed by atoms with Crippen molar-refractivity contribution >= 4 is 28.7 Å². The van der Waals surface area contributed by atoms with Crippen molar-refractivity contribution in [2.75, 3.05) is 0 Å². The van der Waals surface area contributed by atoms with Gasteiger partial charge in [-0.2, -0.15) is 13.2 Å². The first kappa shape index (κ1) is 22.9. The van der Waals surface area contributed by atoms with Gasteiger partial charge in [0.1, 0.15) is 12.4 Å². The van der Waals surface area contributed by atoms with Gasteiger partial charge >= 0.3 is 6.18 Å². The van der Waals surface area contributed by atoms with Gasteiger partial charge in [-0.15, -0.1) is 0 Å². The maximum atomic E-state index is 13.4. The van der Waals surface area contributed by atoms with Crippen molar-refractivity contribution in [1.82, 2.24) is 4.98 Å². The predicted molar refractivity (Wildman–Crippen MR) is 116 cm³/mol. The Morgan fingerprint density at radius 3 is 2.45 bits per heavy atom. The number of nitrogens with zero attached hydrogens (tertiary/aromatic N) is 1. The van der Waals surface area contributed by atoms with E-state index in [0.717, 1.165) is 17.2 Å². The number of pyridine rings is 1. The Labute approximate surface area is 193 Å². The molecule has 170 valence electrons. The van der Waals surface area contributed by atoms with Crippen LogP contribution in [0.4, 0.5) is 13.2 Å². The van der Waals surface area contributed by atoms with Gasteiger partial charge in [-0.05, 0) is 66.3 Å². The summed E-state index contributed by atoms with van der Waals surface area (Å²) in [6.07, 6.45) is -3.04. The van der Waals surface area contributed by atoms with Crippen molar-refractivity contribution in [2.45, 2.75) is 32.0 Å². The SMILES string of the molecule is O=C([O-])c1cc(C(F)(F)F)cc(C2=C(c3cc(Cl)ccc3OCc3ccccc3)CCC2)n1. The minimum Gasteiger partial charge on any atom is -0.543 e. The van der Waals surface area contributed by atoms with Gasteiger partial charge in [0.2, 0.25) is 0 Å². The Kier molecular flexibility index (Phi) is 6.42. The van der Waals surface area contributed by atoms with Crippen LogP contribution in [-0.2, 0) is 12.8 Å². The van der Waals surface area contributed by atoms with E-state index in [-0.39, 0.29) is 5.69 Å². The number of hydrogen-bond acceptors (Lipinski definition) is 4. The lowest BCUT2D eigenvalue weighted by Crippen LogP contribution is -2.25. The molecule has 4 rings (SSSR count). The average molecular weight is 473 g/mol. The Morgan fingerprint density at radius 1 is 1.03 bits per heavy atom. The van der Waals surface area contributed by atoms with Crippen molar-refractivity contribution in [3.63, 3.8) is 0 Å². The Balaban J connectivity index is 1.79. The summed E-state index contributed by atoms with van der Waals surface area (Å²) in [5.74, 6) is -1.23. The molecule has 1 aliphatic carbocycles. The molecule has 1 aliphatic rings. The lowest BCUT2D eigenvalue weighted by atomic mass is 9.98. The monoisotopic (exact) mass is 472 g/mol. The minimum atomic E-state index is -4.72. The molecule has 1 aromatic heterocycles. The lowest BCUT2D eigenvalue weighted by Gasteiger charge is -2.16. The molecule has 0 aliphatic heterocycles. The Morgan fingerprint density at radius 2 is 1.76 bits per heavy atom. The molecule has 4 nitrogen and oxygen atoms in total. The van der Waals surface area contributed by atoms with Crippen LogP contribution in [0.1, 0.15) is 52.1 Å². The van der Waals surface area contributed by atoms with E-state index in [1.165, 1.54) is 0 Å². The van der Waals surface area contributed by atoms with E-state index in [2.05, 4.69) is 4.98 Å². The highest BCUT2D eigenvalue weighted by Gasteiger charge is 2.33. The van der Waals surface area contributed by atoms with Gasteiger partial charge in [-0.1, -0.05) is 41.9 Å². The highest BCUT2D eigenvalue weighted by atomic mass is 35.5. The zero-order chi connectivity index (χ0) is 23.6. The molecule has 8 heteroatoms. The zero-order valence-corrected chi connectivity index (χ0v) is 18.0. The average Bonchev–Trinajstić information content (AvgIpc) is 3.28. The number of carboxylic acids is 1. The van der Waals surface area contributed by atoms with Crippen molar-refractivity contribution in [1.29, 1.82) is 0 Å². The molecule has 0 N–H and O–H groups in total. The molecule has 0 saturated carbocycles. The van der Waals surface area contributed by atoms with Gasteiger partial charge in [-0.25, -0.2) is 4.98 Å². The van der Waals surface area contributed by atoms with Crippen LogP contribution in [0.2, 0.25) is 5.02 Å². The third-order valence-corrected chi connectivity index (χ3v) is 5.63. The van der Waals surface area contributed by atoms with Crippen LogP contribution < -0.4 is 9.84 Å². The molecule has 0 bridgehead atoms. The first-order chi connectivity index (χ1) is 15.7. The van der Waals surface area contributed by atoms with Gasteiger partial charge in [0.25, 0.3) is 0 Å². The fraction of sp³-hybridized carbons (Fsp3) is 0.200. The van der Waals surface area contributed by atoms with Crippen LogP contribution in [0.3, 0.4) is 0 Å². The molecule has 33 heavy (non-hydrogen) atoms. The normalized spacial score (nSPS) is 13.9. The summed E-state index contributed by atoms with van der Waals surface area (Å²) >= 11 is 6.23. The number of hydrogen-bond donors (Lipinski definition) is 0. The largest absolute Gasteiger partial charge is 0.543 e. The number of allylic oxidation sites excluding steroid dienone is 2. The summed E-state index contributed by atoms with van der Waals surface area (Å²) in [4.78, 5) is 15.3. The fourth-order valence-corrected chi connectivity index (χ4v) is 4.05. The highest BCUT2D eigenvalue weighted by molar-refractivity contribution is 6.30. The van der Waals surface area contributed by atoms with Crippen molar-refractivity contribution in [2.24, 2.45) is 0 Å². The Bertz CT molecular complexity index is 1220. The molecular weight excluding hydrogens is 455 g/mol. The minimum absolute atomic E-state index is 0.0366. The summed E-state index contributed by atoms with van der Waals surface area (Å²) in [6, 6.07) is 16.0. The molecule has 0 saturated heterocycles. The molecule has 2 aromatic carbocycles. The molecule has 0 amide bonds. The van der Waals surface area contributed by atoms with Gasteiger partial charge in [0.05, 0.1) is 22.9 Å². The Hall–Kier alpha value is -3.32. The van der Waals surface area contributed by atoms with Crippen molar-refractivity contribution in [3.05, 3.63) is 93.8 Å². The number of carboxylic acid groups (broad SMARTS) is 1. The second-order valence-corrected chi connectivity index (χ2v) is 8.07. The van der Waals surface area contributed by atoms with E-state index in [1.54, 1.807) is 18.2 Å². The molecule has 3 aromatic rings. The van der Waals surface area contributed by atoms with E-state index < -0.39 is 23.4 Å². The highest BCUT2D eigenvalue weighted by Crippen LogP contribution is 2.44. The van der Waals surface area contributed by atoms with Crippen LogP contribution >= 0.6 is 11.6 Å². The molecular formula is C25H18ClF3NO3-. The van der Waals surface area contributed by atoms with E-state index >= 15 is 0 Å². The number of ether oxygens (including phenoxy) is 1. The lowest BCUT2D eigenvalue weighted by molar-refractivity contribution is -0.255. The molecule has 0 radical (unpaired) electrons. The zero-order valence-electron chi connectivity index (χ0n) is 17.3. The van der Waals surface area contributed by atoms with Gasteiger partial charge in [0.15, 0.2) is 0 Å². The number of aromatic nitrogens is 1. The van der Waals surface area contributed by atoms with Crippen LogP contribution in [0.5, 0.6) is 5.75 Å². The predicted octanol–water partition coefficient (Wildman–Crippen LogP) is 5.79. The maximum Gasteiger partial charge on any atom is 0.416 e. The molecule has 0 spiro atoms. The van der Waals surface area contributed by atoms with Crippen LogP contribution in [-0.4, -0.2) is 11.0 Å². The topological polar surface area (TPSA) is 62.2 Å². The molecule has 0 fully saturated rings. The number of benzene rings is 2. The van der Waals surface area contributed by atoms with Gasteiger partial charge < -0.3 is 14.6 Å². The number of halogens is 4. The first-order valence-electron chi connectivity index (χ1n) is 10.2. The number of carbonyl (C=O) groups excluding carboxylic acids is 1. The quantitative estimate of drug-likeness (QED) is 0.455. The van der Waals surface area contributed by atoms with Crippen molar-refractivity contribution < 1.29 is 27.8 Å². The van der Waals surface area contributed by atoms with E-state index in [4.69, 9.17) is 16.3 Å². The van der Waals surface area contributed by atoms with E-state index in [0.29, 0.717) is 53.8 Å². The third-order valence-electron chi connectivity index (χ3n) is 5.39. The summed E-state index contributed by atoms with van der Waals surface area (Å²) < 4.78 is 46.2. The third kappa shape index (κ3) is 5.20. The second kappa shape index (κ2) is 9.27. The number of alkyl halides is 3. The number of aromatic carboxylic acids is 1. The van der Waals surface area contributed by atoms with Gasteiger partial charge in [0, 0.05) is 10.6 Å². The van der Waals surface area contributed by atoms with Crippen LogP contribution in [0.15, 0.2) is 60.7 Å². The van der Waals surface area contributed by atoms with E-state index in [1.807, 2.05) is 30.3 Å². The van der Waals surface area contributed by atoms with E-state index in [9.17, 15) is 23.1 Å². The number of carbonyl (C=O) groups is 1. The molecule has 0 atom stereocenters. The second-order valence-electron chi connectivity index (χ2n) is 7.64. The summed E-state index contributed by atoms with van der Waals surface area (Å²) in [7, 11) is 0. The summed E-state index contributed by atoms with van der Waals surface area (Å²) in [6.45, 7) is 0.300. The molecule has 0 unspecified atom stereocenters. The van der Waals surface area contributed by atoms with Gasteiger partial charge in [-0.3, -0.25) is 0 Å². The summed E-state index contributed by atoms with van der Waals surface area (Å²) in [5.41, 5.74) is 0.997. The van der Waals surface area contributed by atoms with Crippen LogP contribution in [0.25, 0.3) is 11.1 Å².